The summed E-state index contributed by atoms with van der Waals surface area (Å²) in [5, 5.41) is 3.37. The summed E-state index contributed by atoms with van der Waals surface area (Å²) in [6, 6.07) is 1.84. The van der Waals surface area contributed by atoms with E-state index >= 15 is 0 Å². The zero-order chi connectivity index (χ0) is 13.2. The predicted molar refractivity (Wildman–Crippen MR) is 67.6 cm³/mol. The first kappa shape index (κ1) is 13.3. The minimum Gasteiger partial charge on any atom is -0.384 e. The van der Waals surface area contributed by atoms with Crippen molar-refractivity contribution in [2.75, 3.05) is 23.3 Å². The molecule has 0 amide bonds. The molecule has 0 aromatic carbocycles. The molecule has 1 aliphatic rings. The number of anilines is 2. The average molecular weight is 277 g/mol. The highest BCUT2D eigenvalue weighted by Gasteiger charge is 2.31. The Balaban J connectivity index is 2.05. The first-order valence-corrected chi connectivity index (χ1v) is 6.70. The lowest BCUT2D eigenvalue weighted by Gasteiger charge is -2.13. The van der Waals surface area contributed by atoms with E-state index in [1.807, 2.05) is 11.8 Å². The highest BCUT2D eigenvalue weighted by molar-refractivity contribution is 8.00. The van der Waals surface area contributed by atoms with Gasteiger partial charge in [0.25, 0.3) is 0 Å². The lowest BCUT2D eigenvalue weighted by atomic mass is 10.2. The van der Waals surface area contributed by atoms with E-state index in [9.17, 15) is 13.2 Å². The summed E-state index contributed by atoms with van der Waals surface area (Å²) < 4.78 is 37.7. The van der Waals surface area contributed by atoms with Gasteiger partial charge < -0.3 is 11.1 Å². The lowest BCUT2D eigenvalue weighted by molar-refractivity contribution is -0.137. The zero-order valence-electron chi connectivity index (χ0n) is 9.63. The first-order chi connectivity index (χ1) is 8.45. The number of hydrogen-bond acceptors (Lipinski definition) is 4. The van der Waals surface area contributed by atoms with Crippen molar-refractivity contribution in [2.24, 2.45) is 0 Å². The Kier molecular flexibility index (Phi) is 3.89. The number of nitrogens with two attached hydrogens (primary N) is 1. The smallest absolute Gasteiger partial charge is 0.384 e. The van der Waals surface area contributed by atoms with Gasteiger partial charge in [-0.15, -0.1) is 0 Å². The van der Waals surface area contributed by atoms with Gasteiger partial charge in [-0.3, -0.25) is 0 Å². The molecule has 0 aliphatic carbocycles. The highest BCUT2D eigenvalue weighted by atomic mass is 32.2. The maximum atomic E-state index is 12.6. The Morgan fingerprint density at radius 1 is 1.44 bits per heavy atom. The Labute approximate surface area is 107 Å². The average Bonchev–Trinajstić information content (AvgIpc) is 2.77. The molecule has 1 aliphatic heterocycles. The minimum atomic E-state index is -4.39. The SMILES string of the molecule is Nc1cc(C(F)(F)F)cc(NCC2CCCS2)n1. The molecule has 1 aromatic heterocycles. The topological polar surface area (TPSA) is 50.9 Å². The molecule has 2 heterocycles. The second kappa shape index (κ2) is 5.26. The molecule has 1 unspecified atom stereocenters. The van der Waals surface area contributed by atoms with Crippen LogP contribution < -0.4 is 11.1 Å². The third-order valence-corrected chi connectivity index (χ3v) is 4.11. The van der Waals surface area contributed by atoms with Gasteiger partial charge in [0, 0.05) is 11.8 Å². The molecule has 0 bridgehead atoms. The van der Waals surface area contributed by atoms with Crippen LogP contribution in [-0.2, 0) is 6.18 Å². The van der Waals surface area contributed by atoms with Crippen LogP contribution in [0.3, 0.4) is 0 Å². The van der Waals surface area contributed by atoms with Crippen LogP contribution in [0.4, 0.5) is 24.8 Å². The molecule has 1 fully saturated rings. The van der Waals surface area contributed by atoms with E-state index in [0.29, 0.717) is 11.8 Å². The Morgan fingerprint density at radius 2 is 2.22 bits per heavy atom. The quantitative estimate of drug-likeness (QED) is 0.891. The third kappa shape index (κ3) is 3.44. The number of nitrogens with zero attached hydrogens (tertiary/aromatic N) is 1. The van der Waals surface area contributed by atoms with Crippen LogP contribution in [0.15, 0.2) is 12.1 Å². The zero-order valence-corrected chi connectivity index (χ0v) is 10.4. The second-order valence-electron chi connectivity index (χ2n) is 4.18. The van der Waals surface area contributed by atoms with Gasteiger partial charge in [0.1, 0.15) is 11.6 Å². The maximum Gasteiger partial charge on any atom is 0.416 e. The molecule has 7 heteroatoms. The highest BCUT2D eigenvalue weighted by Crippen LogP contribution is 2.32. The van der Waals surface area contributed by atoms with Gasteiger partial charge >= 0.3 is 6.18 Å². The monoisotopic (exact) mass is 277 g/mol. The lowest BCUT2D eigenvalue weighted by Crippen LogP contribution is -2.16. The summed E-state index contributed by atoms with van der Waals surface area (Å²) in [5.41, 5.74) is 4.62. The fourth-order valence-electron chi connectivity index (χ4n) is 1.83. The van der Waals surface area contributed by atoms with Gasteiger partial charge in [0.2, 0.25) is 0 Å². The molecular weight excluding hydrogens is 263 g/mol. The molecule has 1 atom stereocenters. The van der Waals surface area contributed by atoms with Crippen LogP contribution in [0.25, 0.3) is 0 Å². The summed E-state index contributed by atoms with van der Waals surface area (Å²) in [5.74, 6) is 1.19. The fraction of sp³-hybridized carbons (Fsp3) is 0.545. The molecule has 0 radical (unpaired) electrons. The fourth-order valence-corrected chi connectivity index (χ4v) is 3.03. The van der Waals surface area contributed by atoms with Crippen LogP contribution >= 0.6 is 11.8 Å². The number of alkyl halides is 3. The van der Waals surface area contributed by atoms with Gasteiger partial charge in [0.15, 0.2) is 0 Å². The van der Waals surface area contributed by atoms with Crippen molar-refractivity contribution in [3.8, 4) is 0 Å². The van der Waals surface area contributed by atoms with Gasteiger partial charge in [-0.05, 0) is 30.7 Å². The number of thioether (sulfide) groups is 1. The number of nitrogen functional groups attached to an aromatic ring is 1. The van der Waals surface area contributed by atoms with E-state index in [-0.39, 0.29) is 11.6 Å². The van der Waals surface area contributed by atoms with Crippen molar-refractivity contribution in [2.45, 2.75) is 24.3 Å². The van der Waals surface area contributed by atoms with Crippen molar-refractivity contribution < 1.29 is 13.2 Å². The summed E-state index contributed by atoms with van der Waals surface area (Å²) in [7, 11) is 0. The van der Waals surface area contributed by atoms with E-state index in [2.05, 4.69) is 10.3 Å². The van der Waals surface area contributed by atoms with Crippen molar-refractivity contribution in [3.63, 3.8) is 0 Å². The van der Waals surface area contributed by atoms with Crippen LogP contribution in [0, 0.1) is 0 Å². The molecule has 1 saturated heterocycles. The number of aromatic nitrogens is 1. The molecule has 1 aromatic rings. The number of halogens is 3. The maximum absolute atomic E-state index is 12.6. The summed E-state index contributed by atoms with van der Waals surface area (Å²) >= 11 is 1.83. The van der Waals surface area contributed by atoms with E-state index in [1.165, 1.54) is 0 Å². The van der Waals surface area contributed by atoms with Crippen LogP contribution in [-0.4, -0.2) is 22.5 Å². The number of pyridine rings is 1. The van der Waals surface area contributed by atoms with Crippen molar-refractivity contribution >= 4 is 23.4 Å². The number of rotatable bonds is 3. The third-order valence-electron chi connectivity index (χ3n) is 2.71. The van der Waals surface area contributed by atoms with Gasteiger partial charge in [-0.2, -0.15) is 24.9 Å². The Morgan fingerprint density at radius 3 is 2.83 bits per heavy atom. The minimum absolute atomic E-state index is 0.119. The van der Waals surface area contributed by atoms with Gasteiger partial charge in [0.05, 0.1) is 5.56 Å². The molecule has 3 nitrogen and oxygen atoms in total. The second-order valence-corrected chi connectivity index (χ2v) is 5.59. The van der Waals surface area contributed by atoms with Crippen LogP contribution in [0.2, 0.25) is 0 Å². The van der Waals surface area contributed by atoms with E-state index in [1.54, 1.807) is 0 Å². The van der Waals surface area contributed by atoms with Crippen LogP contribution in [0.5, 0.6) is 0 Å². The van der Waals surface area contributed by atoms with E-state index in [0.717, 1.165) is 30.7 Å². The van der Waals surface area contributed by atoms with Gasteiger partial charge in [-0.1, -0.05) is 0 Å². The summed E-state index contributed by atoms with van der Waals surface area (Å²) in [6.45, 7) is 0.623. The normalized spacial score (nSPS) is 20.1. The summed E-state index contributed by atoms with van der Waals surface area (Å²) in [6.07, 6.45) is -2.14. The standard InChI is InChI=1S/C11H14F3N3S/c12-11(13,14)7-4-9(15)17-10(5-7)16-6-8-2-1-3-18-8/h4-5,8H,1-3,6H2,(H3,15,16,17). The number of hydrogen-bond donors (Lipinski definition) is 2. The molecule has 0 saturated carbocycles. The molecule has 0 spiro atoms. The van der Waals surface area contributed by atoms with Crippen LogP contribution in [0.1, 0.15) is 18.4 Å². The Bertz CT molecular complexity index is 416. The molecular formula is C11H14F3N3S. The van der Waals surface area contributed by atoms with Crippen molar-refractivity contribution in [1.82, 2.24) is 4.98 Å². The molecule has 18 heavy (non-hydrogen) atoms. The predicted octanol–water partition coefficient (Wildman–Crippen LogP) is 2.99. The summed E-state index contributed by atoms with van der Waals surface area (Å²) in [4.78, 5) is 3.87. The molecule has 2 rings (SSSR count). The molecule has 100 valence electrons. The van der Waals surface area contributed by atoms with Gasteiger partial charge in [-0.25, -0.2) is 4.98 Å². The van der Waals surface area contributed by atoms with E-state index in [4.69, 9.17) is 5.73 Å². The Hall–Kier alpha value is -1.11. The molecule has 3 N–H and O–H groups in total. The van der Waals surface area contributed by atoms with Crippen molar-refractivity contribution in [3.05, 3.63) is 17.7 Å². The first-order valence-electron chi connectivity index (χ1n) is 5.65. The van der Waals surface area contributed by atoms with Crippen molar-refractivity contribution in [1.29, 1.82) is 0 Å². The van der Waals surface area contributed by atoms with E-state index < -0.39 is 11.7 Å². The number of nitrogens with one attached hydrogen (secondary N) is 1. The largest absolute Gasteiger partial charge is 0.416 e.